The molecule has 1 aliphatic carbocycles. The minimum absolute atomic E-state index is 0.387. The van der Waals surface area contributed by atoms with Crippen LogP contribution in [-0.2, 0) is 23.1 Å². The molecule has 1 amide bonds. The predicted octanol–water partition coefficient (Wildman–Crippen LogP) is 3.04. The molecule has 1 aliphatic rings. The molecule has 0 saturated carbocycles. The van der Waals surface area contributed by atoms with E-state index < -0.39 is 5.54 Å². The lowest BCUT2D eigenvalue weighted by Crippen LogP contribution is -2.46. The Bertz CT molecular complexity index is 597. The zero-order valence-corrected chi connectivity index (χ0v) is 11.4. The van der Waals surface area contributed by atoms with Crippen molar-refractivity contribution < 1.29 is 9.53 Å². The summed E-state index contributed by atoms with van der Waals surface area (Å²) in [5.74, 6) is 0. The fourth-order valence-corrected chi connectivity index (χ4v) is 2.98. The fourth-order valence-electron chi connectivity index (χ4n) is 2.98. The number of amides is 1. The molecular weight excluding hydrogens is 250 g/mol. The van der Waals surface area contributed by atoms with E-state index in [1.54, 1.807) is 0 Å². The zero-order chi connectivity index (χ0) is 14.0. The second-order valence-corrected chi connectivity index (χ2v) is 5.19. The van der Waals surface area contributed by atoms with Crippen molar-refractivity contribution in [3.63, 3.8) is 0 Å². The molecule has 0 aromatic heterocycles. The molecule has 102 valence electrons. The van der Waals surface area contributed by atoms with Crippen molar-refractivity contribution in [3.05, 3.63) is 71.3 Å². The number of rotatable bonds is 2. The predicted molar refractivity (Wildman–Crippen MR) is 77.5 cm³/mol. The van der Waals surface area contributed by atoms with Crippen LogP contribution in [0.25, 0.3) is 0 Å². The first-order valence-corrected chi connectivity index (χ1v) is 6.72. The quantitative estimate of drug-likeness (QED) is 0.908. The second-order valence-electron chi connectivity index (χ2n) is 5.19. The normalized spacial score (nSPS) is 15.4. The van der Waals surface area contributed by atoms with Crippen molar-refractivity contribution >= 4 is 6.09 Å². The summed E-state index contributed by atoms with van der Waals surface area (Å²) < 4.78 is 4.81. The van der Waals surface area contributed by atoms with Gasteiger partial charge in [-0.2, -0.15) is 0 Å². The number of nitrogens with one attached hydrogen (secondary N) is 1. The van der Waals surface area contributed by atoms with Crippen molar-refractivity contribution in [2.75, 3.05) is 7.11 Å². The zero-order valence-electron chi connectivity index (χ0n) is 11.4. The number of carbonyl (C=O) groups excluding carboxylic acids is 1. The number of benzene rings is 2. The smallest absolute Gasteiger partial charge is 0.407 e. The van der Waals surface area contributed by atoms with Gasteiger partial charge in [-0.25, -0.2) is 4.79 Å². The number of carbonyl (C=O) groups is 1. The van der Waals surface area contributed by atoms with E-state index >= 15 is 0 Å². The third kappa shape index (κ3) is 2.16. The summed E-state index contributed by atoms with van der Waals surface area (Å²) in [6.07, 6.45) is 1.20. The molecular formula is C17H17NO2. The van der Waals surface area contributed by atoms with Crippen LogP contribution in [-0.4, -0.2) is 13.2 Å². The SMILES string of the molecule is COC(=O)NC1(c2ccccc2)Cc2ccccc2C1. The third-order valence-electron chi connectivity index (χ3n) is 3.96. The van der Waals surface area contributed by atoms with Crippen LogP contribution in [0.1, 0.15) is 16.7 Å². The van der Waals surface area contributed by atoms with Crippen LogP contribution in [0.4, 0.5) is 4.79 Å². The lowest BCUT2D eigenvalue weighted by molar-refractivity contribution is 0.155. The Labute approximate surface area is 118 Å². The van der Waals surface area contributed by atoms with Gasteiger partial charge in [-0.3, -0.25) is 0 Å². The summed E-state index contributed by atoms with van der Waals surface area (Å²) in [6, 6.07) is 18.4. The molecule has 2 aromatic carbocycles. The summed E-state index contributed by atoms with van der Waals surface area (Å²) >= 11 is 0. The van der Waals surface area contributed by atoms with Crippen LogP contribution in [0.15, 0.2) is 54.6 Å². The second kappa shape index (κ2) is 5.00. The molecule has 0 heterocycles. The summed E-state index contributed by atoms with van der Waals surface area (Å²) in [5, 5.41) is 3.04. The highest BCUT2D eigenvalue weighted by molar-refractivity contribution is 5.69. The van der Waals surface area contributed by atoms with E-state index in [9.17, 15) is 4.79 Å². The molecule has 0 atom stereocenters. The number of fused-ring (bicyclic) bond motifs is 1. The lowest BCUT2D eigenvalue weighted by atomic mass is 9.87. The lowest BCUT2D eigenvalue weighted by Gasteiger charge is -2.30. The van der Waals surface area contributed by atoms with E-state index in [0.717, 1.165) is 18.4 Å². The molecule has 0 fully saturated rings. The van der Waals surface area contributed by atoms with Crippen molar-refractivity contribution in [1.82, 2.24) is 5.32 Å². The van der Waals surface area contributed by atoms with Crippen molar-refractivity contribution in [2.24, 2.45) is 0 Å². The van der Waals surface area contributed by atoms with Crippen LogP contribution < -0.4 is 5.32 Å². The highest BCUT2D eigenvalue weighted by Crippen LogP contribution is 2.37. The molecule has 3 heteroatoms. The molecule has 20 heavy (non-hydrogen) atoms. The maximum absolute atomic E-state index is 11.8. The van der Waals surface area contributed by atoms with Crippen molar-refractivity contribution in [3.8, 4) is 0 Å². The summed E-state index contributed by atoms with van der Waals surface area (Å²) in [6.45, 7) is 0. The van der Waals surface area contributed by atoms with Gasteiger partial charge in [-0.15, -0.1) is 0 Å². The molecule has 1 N–H and O–H groups in total. The van der Waals surface area contributed by atoms with Gasteiger partial charge in [0.1, 0.15) is 0 Å². The highest BCUT2D eigenvalue weighted by atomic mass is 16.5. The largest absolute Gasteiger partial charge is 0.453 e. The first kappa shape index (κ1) is 12.7. The molecule has 3 rings (SSSR count). The monoisotopic (exact) mass is 267 g/mol. The van der Waals surface area contributed by atoms with Gasteiger partial charge in [0.2, 0.25) is 0 Å². The van der Waals surface area contributed by atoms with Crippen molar-refractivity contribution in [2.45, 2.75) is 18.4 Å². The van der Waals surface area contributed by atoms with E-state index in [1.165, 1.54) is 18.2 Å². The number of methoxy groups -OCH3 is 1. The van der Waals surface area contributed by atoms with E-state index in [0.29, 0.717) is 0 Å². The summed E-state index contributed by atoms with van der Waals surface area (Å²) in [5.41, 5.74) is 3.28. The molecule has 0 radical (unpaired) electrons. The van der Waals surface area contributed by atoms with Gasteiger partial charge < -0.3 is 10.1 Å². The summed E-state index contributed by atoms with van der Waals surface area (Å²) in [7, 11) is 1.40. The van der Waals surface area contributed by atoms with Gasteiger partial charge in [0.15, 0.2) is 0 Å². The molecule has 2 aromatic rings. The van der Waals surface area contributed by atoms with E-state index in [1.807, 2.05) is 30.3 Å². The van der Waals surface area contributed by atoms with Crippen LogP contribution in [0.3, 0.4) is 0 Å². The minimum atomic E-state index is -0.405. The Kier molecular flexibility index (Phi) is 3.18. The van der Waals surface area contributed by atoms with Gasteiger partial charge >= 0.3 is 6.09 Å². The minimum Gasteiger partial charge on any atom is -0.453 e. The molecule has 3 nitrogen and oxygen atoms in total. The van der Waals surface area contributed by atoms with Crippen molar-refractivity contribution in [1.29, 1.82) is 0 Å². The average molecular weight is 267 g/mol. The molecule has 0 aliphatic heterocycles. The number of ether oxygens (including phenoxy) is 1. The average Bonchev–Trinajstić information content (AvgIpc) is 2.87. The Balaban J connectivity index is 2.01. The van der Waals surface area contributed by atoms with E-state index in [4.69, 9.17) is 4.74 Å². The number of alkyl carbamates (subject to hydrolysis) is 1. The van der Waals surface area contributed by atoms with Gasteiger partial charge in [0, 0.05) is 12.8 Å². The van der Waals surface area contributed by atoms with E-state index in [-0.39, 0.29) is 6.09 Å². The first-order chi connectivity index (χ1) is 9.73. The Morgan fingerprint density at radius 1 is 1.00 bits per heavy atom. The van der Waals surface area contributed by atoms with Gasteiger partial charge in [-0.05, 0) is 16.7 Å². The Morgan fingerprint density at radius 3 is 2.10 bits per heavy atom. The molecule has 0 spiro atoms. The Hall–Kier alpha value is -2.29. The number of hydrogen-bond acceptors (Lipinski definition) is 2. The third-order valence-corrected chi connectivity index (χ3v) is 3.96. The van der Waals surface area contributed by atoms with Crippen LogP contribution >= 0.6 is 0 Å². The standard InChI is InChI=1S/C17H17NO2/c1-20-16(19)18-17(15-9-3-2-4-10-15)11-13-7-5-6-8-14(13)12-17/h2-10H,11-12H2,1H3,(H,18,19). The Morgan fingerprint density at radius 2 is 1.55 bits per heavy atom. The van der Waals surface area contributed by atoms with Crippen LogP contribution in [0.2, 0.25) is 0 Å². The maximum Gasteiger partial charge on any atom is 0.407 e. The van der Waals surface area contributed by atoms with Crippen LogP contribution in [0, 0.1) is 0 Å². The van der Waals surface area contributed by atoms with Gasteiger partial charge in [-0.1, -0.05) is 54.6 Å². The summed E-state index contributed by atoms with van der Waals surface area (Å²) in [4.78, 5) is 11.8. The van der Waals surface area contributed by atoms with Crippen LogP contribution in [0.5, 0.6) is 0 Å². The number of hydrogen-bond donors (Lipinski definition) is 1. The maximum atomic E-state index is 11.8. The first-order valence-electron chi connectivity index (χ1n) is 6.72. The molecule has 0 unspecified atom stereocenters. The topological polar surface area (TPSA) is 38.3 Å². The highest BCUT2D eigenvalue weighted by Gasteiger charge is 2.40. The fraction of sp³-hybridized carbons (Fsp3) is 0.235. The van der Waals surface area contributed by atoms with Gasteiger partial charge in [0.25, 0.3) is 0 Å². The molecule has 0 bridgehead atoms. The van der Waals surface area contributed by atoms with E-state index in [2.05, 4.69) is 29.6 Å². The van der Waals surface area contributed by atoms with Gasteiger partial charge in [0.05, 0.1) is 12.6 Å². The molecule has 0 saturated heterocycles.